The van der Waals surface area contributed by atoms with Crippen molar-refractivity contribution in [2.24, 2.45) is 0 Å². The summed E-state index contributed by atoms with van der Waals surface area (Å²) in [5, 5.41) is 10.5. The van der Waals surface area contributed by atoms with Crippen LogP contribution in [0.15, 0.2) is 48.5 Å². The van der Waals surface area contributed by atoms with E-state index in [4.69, 9.17) is 9.47 Å². The highest BCUT2D eigenvalue weighted by atomic mass is 16.5. The Hall–Kier alpha value is -2.04. The number of para-hydroxylation sites is 1. The predicted octanol–water partition coefficient (Wildman–Crippen LogP) is 4.04. The summed E-state index contributed by atoms with van der Waals surface area (Å²) in [6.07, 6.45) is 0.489. The quantitative estimate of drug-likeness (QED) is 0.697. The number of rotatable bonds is 10. The zero-order valence-electron chi connectivity index (χ0n) is 16.3. The third kappa shape index (κ3) is 6.04. The molecule has 4 heteroatoms. The van der Waals surface area contributed by atoms with Gasteiger partial charge >= 0.3 is 0 Å². The summed E-state index contributed by atoms with van der Waals surface area (Å²) in [5.74, 6) is 1.69. The maximum absolute atomic E-state index is 10.5. The van der Waals surface area contributed by atoms with E-state index in [1.165, 1.54) is 5.56 Å². The van der Waals surface area contributed by atoms with E-state index in [0.717, 1.165) is 30.0 Å². The topological polar surface area (TPSA) is 41.9 Å². The molecule has 0 aliphatic carbocycles. The van der Waals surface area contributed by atoms with Gasteiger partial charge < -0.3 is 14.6 Å². The van der Waals surface area contributed by atoms with E-state index in [2.05, 4.69) is 30.9 Å². The van der Waals surface area contributed by atoms with Crippen LogP contribution in [-0.2, 0) is 6.54 Å². The fourth-order valence-corrected chi connectivity index (χ4v) is 2.85. The molecular weight excluding hydrogens is 326 g/mol. The Morgan fingerprint density at radius 1 is 1.08 bits per heavy atom. The number of methoxy groups -OCH3 is 1. The number of hydrogen-bond acceptors (Lipinski definition) is 4. The first-order chi connectivity index (χ1) is 12.5. The van der Waals surface area contributed by atoms with Crippen molar-refractivity contribution >= 4 is 0 Å². The largest absolute Gasteiger partial charge is 0.497 e. The van der Waals surface area contributed by atoms with Crippen LogP contribution >= 0.6 is 0 Å². The minimum atomic E-state index is -0.540. The molecule has 4 nitrogen and oxygen atoms in total. The summed E-state index contributed by atoms with van der Waals surface area (Å²) in [6, 6.07) is 16.4. The summed E-state index contributed by atoms with van der Waals surface area (Å²) in [7, 11) is 1.67. The molecule has 2 atom stereocenters. The first-order valence-corrected chi connectivity index (χ1v) is 9.27. The fourth-order valence-electron chi connectivity index (χ4n) is 2.85. The van der Waals surface area contributed by atoms with Crippen LogP contribution in [-0.4, -0.2) is 42.4 Å². The second kappa shape index (κ2) is 10.2. The number of aryl methyl sites for hydroxylation is 1. The zero-order chi connectivity index (χ0) is 18.9. The van der Waals surface area contributed by atoms with E-state index in [1.54, 1.807) is 7.11 Å². The second-order valence-electron chi connectivity index (χ2n) is 6.77. The lowest BCUT2D eigenvalue weighted by Gasteiger charge is -2.30. The van der Waals surface area contributed by atoms with Gasteiger partial charge in [-0.1, -0.05) is 37.3 Å². The molecule has 2 unspecified atom stereocenters. The van der Waals surface area contributed by atoms with Crippen molar-refractivity contribution in [1.29, 1.82) is 0 Å². The molecule has 0 heterocycles. The van der Waals surface area contributed by atoms with Crippen molar-refractivity contribution in [2.45, 2.75) is 45.9 Å². The van der Waals surface area contributed by atoms with Crippen LogP contribution in [0.5, 0.6) is 11.5 Å². The molecule has 26 heavy (non-hydrogen) atoms. The highest BCUT2D eigenvalue weighted by Gasteiger charge is 2.18. The van der Waals surface area contributed by atoms with E-state index in [0.29, 0.717) is 19.2 Å². The van der Waals surface area contributed by atoms with E-state index >= 15 is 0 Å². The molecule has 1 N–H and O–H groups in total. The fraction of sp³-hybridized carbons (Fsp3) is 0.455. The van der Waals surface area contributed by atoms with E-state index < -0.39 is 6.10 Å². The lowest BCUT2D eigenvalue weighted by molar-refractivity contribution is 0.0504. The predicted molar refractivity (Wildman–Crippen MR) is 106 cm³/mol. The molecule has 0 aliphatic rings. The first-order valence-electron chi connectivity index (χ1n) is 9.27. The van der Waals surface area contributed by atoms with Crippen molar-refractivity contribution in [3.05, 3.63) is 59.7 Å². The molecule has 0 amide bonds. The van der Waals surface area contributed by atoms with Crippen LogP contribution in [0.25, 0.3) is 0 Å². The summed E-state index contributed by atoms with van der Waals surface area (Å²) < 4.78 is 11.0. The normalized spacial score (nSPS) is 13.5. The summed E-state index contributed by atoms with van der Waals surface area (Å²) >= 11 is 0. The number of hydrogen-bond donors (Lipinski definition) is 1. The number of benzene rings is 2. The molecule has 0 aromatic heterocycles. The molecule has 142 valence electrons. The molecule has 0 saturated heterocycles. The lowest BCUT2D eigenvalue weighted by Crippen LogP contribution is -2.40. The van der Waals surface area contributed by atoms with E-state index in [1.807, 2.05) is 43.3 Å². The highest BCUT2D eigenvalue weighted by molar-refractivity contribution is 5.31. The SMILES string of the molecule is CCC(C)N(Cc1ccc(OC)cc1)CC(O)COc1ccccc1C. The molecule has 0 bridgehead atoms. The highest BCUT2D eigenvalue weighted by Crippen LogP contribution is 2.18. The van der Waals surface area contributed by atoms with Gasteiger partial charge in [0.15, 0.2) is 0 Å². The van der Waals surface area contributed by atoms with Gasteiger partial charge in [-0.2, -0.15) is 0 Å². The van der Waals surface area contributed by atoms with Crippen molar-refractivity contribution < 1.29 is 14.6 Å². The molecule has 0 spiro atoms. The van der Waals surface area contributed by atoms with Crippen molar-refractivity contribution in [2.75, 3.05) is 20.3 Å². The Labute approximate surface area is 157 Å². The van der Waals surface area contributed by atoms with E-state index in [-0.39, 0.29) is 0 Å². The summed E-state index contributed by atoms with van der Waals surface area (Å²) in [5.41, 5.74) is 2.29. The monoisotopic (exact) mass is 357 g/mol. The number of nitrogens with zero attached hydrogens (tertiary/aromatic N) is 1. The van der Waals surface area contributed by atoms with Crippen LogP contribution < -0.4 is 9.47 Å². The maximum Gasteiger partial charge on any atom is 0.122 e. The third-order valence-corrected chi connectivity index (χ3v) is 4.73. The van der Waals surface area contributed by atoms with Gasteiger partial charge in [-0.25, -0.2) is 0 Å². The van der Waals surface area contributed by atoms with Crippen molar-refractivity contribution in [3.63, 3.8) is 0 Å². The standard InChI is InChI=1S/C22H31NO3/c1-5-18(3)23(14-19-10-12-21(25-4)13-11-19)15-20(24)16-26-22-9-7-6-8-17(22)2/h6-13,18,20,24H,5,14-16H2,1-4H3. The molecule has 2 rings (SSSR count). The minimum absolute atomic E-state index is 0.292. The third-order valence-electron chi connectivity index (χ3n) is 4.73. The van der Waals surface area contributed by atoms with Gasteiger partial charge in [-0.05, 0) is 49.6 Å². The smallest absolute Gasteiger partial charge is 0.122 e. The molecule has 2 aromatic rings. The Balaban J connectivity index is 1.94. The van der Waals surface area contributed by atoms with Gasteiger partial charge in [0.2, 0.25) is 0 Å². The first kappa shape index (κ1) is 20.3. The molecule has 0 aliphatic heterocycles. The van der Waals surface area contributed by atoms with Crippen LogP contribution in [0.2, 0.25) is 0 Å². The van der Waals surface area contributed by atoms with Gasteiger partial charge in [0.25, 0.3) is 0 Å². The van der Waals surface area contributed by atoms with Gasteiger partial charge in [-0.3, -0.25) is 4.90 Å². The van der Waals surface area contributed by atoms with Crippen molar-refractivity contribution in [3.8, 4) is 11.5 Å². The number of aliphatic hydroxyl groups is 1. The Morgan fingerprint density at radius 3 is 2.38 bits per heavy atom. The van der Waals surface area contributed by atoms with Gasteiger partial charge in [0.05, 0.1) is 7.11 Å². The van der Waals surface area contributed by atoms with E-state index in [9.17, 15) is 5.11 Å². The molecule has 0 radical (unpaired) electrons. The lowest BCUT2D eigenvalue weighted by atomic mass is 10.1. The van der Waals surface area contributed by atoms with Gasteiger partial charge in [0, 0.05) is 19.1 Å². The Kier molecular flexibility index (Phi) is 7.95. The zero-order valence-corrected chi connectivity index (χ0v) is 16.3. The summed E-state index contributed by atoms with van der Waals surface area (Å²) in [6.45, 7) is 8.03. The Bertz CT molecular complexity index is 657. The average molecular weight is 357 g/mol. The molecule has 0 fully saturated rings. The molecule has 0 saturated carbocycles. The van der Waals surface area contributed by atoms with Crippen LogP contribution in [0, 0.1) is 6.92 Å². The number of ether oxygens (including phenoxy) is 2. The number of aliphatic hydroxyl groups excluding tert-OH is 1. The average Bonchev–Trinajstić information content (AvgIpc) is 2.66. The van der Waals surface area contributed by atoms with Crippen LogP contribution in [0.3, 0.4) is 0 Å². The van der Waals surface area contributed by atoms with Crippen LogP contribution in [0.1, 0.15) is 31.4 Å². The van der Waals surface area contributed by atoms with Crippen LogP contribution in [0.4, 0.5) is 0 Å². The van der Waals surface area contributed by atoms with Crippen molar-refractivity contribution in [1.82, 2.24) is 4.90 Å². The molecule has 2 aromatic carbocycles. The van der Waals surface area contributed by atoms with Gasteiger partial charge in [-0.15, -0.1) is 0 Å². The maximum atomic E-state index is 10.5. The van der Waals surface area contributed by atoms with Gasteiger partial charge in [0.1, 0.15) is 24.2 Å². The molecular formula is C22H31NO3. The minimum Gasteiger partial charge on any atom is -0.497 e. The second-order valence-corrected chi connectivity index (χ2v) is 6.77. The Morgan fingerprint density at radius 2 is 1.77 bits per heavy atom. The summed E-state index contributed by atoms with van der Waals surface area (Å²) in [4.78, 5) is 2.30.